The molecule has 0 atom stereocenters. The first kappa shape index (κ1) is 10.8. The molecule has 0 bridgehead atoms. The number of nitrogens with zero attached hydrogens (tertiary/aromatic N) is 1. The number of hydrogen-bond donors (Lipinski definition) is 1. The summed E-state index contributed by atoms with van der Waals surface area (Å²) in [5, 5.41) is 0. The summed E-state index contributed by atoms with van der Waals surface area (Å²) < 4.78 is 6.66. The van der Waals surface area contributed by atoms with Crippen LogP contribution in [0.25, 0.3) is 0 Å². The molecule has 0 saturated carbocycles. The van der Waals surface area contributed by atoms with Crippen LogP contribution in [0, 0.1) is 0 Å². The van der Waals surface area contributed by atoms with Crippen molar-refractivity contribution in [2.75, 3.05) is 7.11 Å². The van der Waals surface area contributed by atoms with Crippen molar-refractivity contribution in [1.82, 2.24) is 4.57 Å². The number of nitrogens with two attached hydrogens (primary N) is 1. The Morgan fingerprint density at radius 1 is 1.64 bits per heavy atom. The molecule has 1 aromatic rings. The van der Waals surface area contributed by atoms with Crippen molar-refractivity contribution in [3.05, 3.63) is 22.4 Å². The number of aromatic nitrogens is 1. The number of hydrogen-bond acceptors (Lipinski definition) is 3. The van der Waals surface area contributed by atoms with Gasteiger partial charge in [-0.1, -0.05) is 0 Å². The van der Waals surface area contributed by atoms with Crippen molar-refractivity contribution in [2.24, 2.45) is 5.73 Å². The SMILES string of the molecule is COC(=O)c1cc(Br)cn1CC(N)=O. The smallest absolute Gasteiger partial charge is 0.354 e. The Bertz CT molecular complexity index is 373. The van der Waals surface area contributed by atoms with Gasteiger partial charge in [0.25, 0.3) is 0 Å². The minimum atomic E-state index is -0.516. The molecule has 0 fully saturated rings. The first-order valence-electron chi connectivity index (χ1n) is 3.77. The van der Waals surface area contributed by atoms with Crippen LogP contribution in [0.2, 0.25) is 0 Å². The third-order valence-corrected chi connectivity index (χ3v) is 2.02. The summed E-state index contributed by atoms with van der Waals surface area (Å²) in [6.45, 7) is -0.0456. The van der Waals surface area contributed by atoms with E-state index >= 15 is 0 Å². The molecule has 0 saturated heterocycles. The highest BCUT2D eigenvalue weighted by Gasteiger charge is 2.14. The molecule has 6 heteroatoms. The van der Waals surface area contributed by atoms with Gasteiger partial charge in [-0.2, -0.15) is 0 Å². The molecule has 76 valence electrons. The van der Waals surface area contributed by atoms with E-state index in [4.69, 9.17) is 5.73 Å². The van der Waals surface area contributed by atoms with E-state index in [-0.39, 0.29) is 12.2 Å². The zero-order valence-corrected chi connectivity index (χ0v) is 9.08. The maximum Gasteiger partial charge on any atom is 0.354 e. The van der Waals surface area contributed by atoms with Crippen LogP contribution in [-0.2, 0) is 16.1 Å². The molecule has 0 unspecified atom stereocenters. The first-order chi connectivity index (χ1) is 6.54. The maximum atomic E-state index is 11.2. The van der Waals surface area contributed by atoms with Crippen LogP contribution in [0.15, 0.2) is 16.7 Å². The van der Waals surface area contributed by atoms with Gasteiger partial charge >= 0.3 is 5.97 Å². The second-order valence-corrected chi connectivity index (χ2v) is 3.55. The largest absolute Gasteiger partial charge is 0.464 e. The van der Waals surface area contributed by atoms with Crippen LogP contribution < -0.4 is 5.73 Å². The van der Waals surface area contributed by atoms with Crippen molar-refractivity contribution < 1.29 is 14.3 Å². The molecule has 0 aliphatic heterocycles. The average Bonchev–Trinajstić information content (AvgIpc) is 2.44. The monoisotopic (exact) mass is 260 g/mol. The highest BCUT2D eigenvalue weighted by molar-refractivity contribution is 9.10. The number of esters is 1. The van der Waals surface area contributed by atoms with E-state index < -0.39 is 11.9 Å². The van der Waals surface area contributed by atoms with E-state index in [1.165, 1.54) is 11.7 Å². The number of amides is 1. The predicted molar refractivity (Wildman–Crippen MR) is 52.7 cm³/mol. The van der Waals surface area contributed by atoms with Crippen molar-refractivity contribution in [3.8, 4) is 0 Å². The Balaban J connectivity index is 3.02. The summed E-state index contributed by atoms with van der Waals surface area (Å²) in [7, 11) is 1.28. The van der Waals surface area contributed by atoms with Gasteiger partial charge in [0.15, 0.2) is 0 Å². The summed E-state index contributed by atoms with van der Waals surface area (Å²) in [6, 6.07) is 1.56. The van der Waals surface area contributed by atoms with Gasteiger partial charge in [-0.3, -0.25) is 4.79 Å². The van der Waals surface area contributed by atoms with Crippen LogP contribution in [-0.4, -0.2) is 23.6 Å². The lowest BCUT2D eigenvalue weighted by molar-refractivity contribution is -0.118. The van der Waals surface area contributed by atoms with Crippen molar-refractivity contribution in [3.63, 3.8) is 0 Å². The lowest BCUT2D eigenvalue weighted by Crippen LogP contribution is -2.21. The van der Waals surface area contributed by atoms with E-state index in [0.717, 1.165) is 0 Å². The number of rotatable bonds is 3. The van der Waals surface area contributed by atoms with Crippen LogP contribution in [0.3, 0.4) is 0 Å². The molecule has 0 aliphatic carbocycles. The van der Waals surface area contributed by atoms with Crippen molar-refractivity contribution in [2.45, 2.75) is 6.54 Å². The third kappa shape index (κ3) is 2.35. The van der Waals surface area contributed by atoms with Gasteiger partial charge in [0.1, 0.15) is 12.2 Å². The van der Waals surface area contributed by atoms with E-state index in [0.29, 0.717) is 4.47 Å². The lowest BCUT2D eigenvalue weighted by atomic mass is 10.4. The van der Waals surface area contributed by atoms with E-state index in [9.17, 15) is 9.59 Å². The zero-order chi connectivity index (χ0) is 10.7. The average molecular weight is 261 g/mol. The van der Waals surface area contributed by atoms with E-state index in [1.807, 2.05) is 0 Å². The molecular weight excluding hydrogens is 252 g/mol. The van der Waals surface area contributed by atoms with Gasteiger partial charge in [-0.05, 0) is 22.0 Å². The van der Waals surface area contributed by atoms with Gasteiger partial charge in [0.2, 0.25) is 5.91 Å². The number of carbonyl (C=O) groups excluding carboxylic acids is 2. The number of carbonyl (C=O) groups is 2. The molecule has 1 heterocycles. The molecule has 5 nitrogen and oxygen atoms in total. The van der Waals surface area contributed by atoms with Crippen LogP contribution >= 0.6 is 15.9 Å². The number of halogens is 1. The van der Waals surface area contributed by atoms with E-state index in [1.54, 1.807) is 12.3 Å². The fourth-order valence-electron chi connectivity index (χ4n) is 1.05. The minimum absolute atomic E-state index is 0.0456. The molecule has 2 N–H and O–H groups in total. The topological polar surface area (TPSA) is 74.3 Å². The van der Waals surface area contributed by atoms with Crippen LogP contribution in [0.1, 0.15) is 10.5 Å². The lowest BCUT2D eigenvalue weighted by Gasteiger charge is -2.03. The normalized spacial score (nSPS) is 9.86. The summed E-state index contributed by atoms with van der Waals surface area (Å²) in [4.78, 5) is 21.9. The molecule has 14 heavy (non-hydrogen) atoms. The maximum absolute atomic E-state index is 11.2. The number of primary amides is 1. The Morgan fingerprint density at radius 3 is 2.79 bits per heavy atom. The van der Waals surface area contributed by atoms with Gasteiger partial charge in [0.05, 0.1) is 7.11 Å². The Morgan fingerprint density at radius 2 is 2.29 bits per heavy atom. The zero-order valence-electron chi connectivity index (χ0n) is 7.49. The van der Waals surface area contributed by atoms with Crippen LogP contribution in [0.5, 0.6) is 0 Å². The van der Waals surface area contributed by atoms with Gasteiger partial charge in [-0.15, -0.1) is 0 Å². The summed E-state index contributed by atoms with van der Waals surface area (Å²) in [5.74, 6) is -1.02. The molecule has 1 amide bonds. The molecule has 0 radical (unpaired) electrons. The molecule has 0 aromatic carbocycles. The van der Waals surface area contributed by atoms with Crippen molar-refractivity contribution in [1.29, 1.82) is 0 Å². The standard InChI is InChI=1S/C8H9BrN2O3/c1-14-8(13)6-2-5(9)3-11(6)4-7(10)12/h2-3H,4H2,1H3,(H2,10,12). The minimum Gasteiger partial charge on any atom is -0.464 e. The summed E-state index contributed by atoms with van der Waals surface area (Å²) in [5.41, 5.74) is 5.31. The number of ether oxygens (including phenoxy) is 1. The van der Waals surface area contributed by atoms with Crippen LogP contribution in [0.4, 0.5) is 0 Å². The Kier molecular flexibility index (Phi) is 3.29. The van der Waals surface area contributed by atoms with Gasteiger partial charge in [-0.25, -0.2) is 4.79 Å². The summed E-state index contributed by atoms with van der Waals surface area (Å²) in [6.07, 6.45) is 1.59. The first-order valence-corrected chi connectivity index (χ1v) is 4.56. The Hall–Kier alpha value is -1.30. The van der Waals surface area contributed by atoms with Gasteiger partial charge in [0, 0.05) is 10.7 Å². The fraction of sp³-hybridized carbons (Fsp3) is 0.250. The molecule has 0 spiro atoms. The van der Waals surface area contributed by atoms with Crippen molar-refractivity contribution >= 4 is 27.8 Å². The highest BCUT2D eigenvalue weighted by Crippen LogP contribution is 2.15. The predicted octanol–water partition coefficient (Wildman–Crippen LogP) is 0.523. The molecular formula is C8H9BrN2O3. The molecule has 0 aliphatic rings. The van der Waals surface area contributed by atoms with E-state index in [2.05, 4.69) is 20.7 Å². The fourth-order valence-corrected chi connectivity index (χ4v) is 1.51. The number of methoxy groups -OCH3 is 1. The molecule has 1 rings (SSSR count). The van der Waals surface area contributed by atoms with Gasteiger partial charge < -0.3 is 15.0 Å². The second kappa shape index (κ2) is 4.28. The molecule has 1 aromatic heterocycles. The quantitative estimate of drug-likeness (QED) is 0.806. The highest BCUT2D eigenvalue weighted by atomic mass is 79.9. The summed E-state index contributed by atoms with van der Waals surface area (Å²) >= 11 is 3.19. The third-order valence-electron chi connectivity index (χ3n) is 1.58. The Labute approximate surface area is 89.0 Å². The second-order valence-electron chi connectivity index (χ2n) is 2.63.